The van der Waals surface area contributed by atoms with Crippen LogP contribution in [0.4, 0.5) is 0 Å². The molecule has 0 radical (unpaired) electrons. The van der Waals surface area contributed by atoms with Crippen molar-refractivity contribution in [2.24, 2.45) is 5.92 Å². The molecule has 0 spiro atoms. The van der Waals surface area contributed by atoms with Gasteiger partial charge in [0.05, 0.1) is 6.04 Å². The Morgan fingerprint density at radius 1 is 0.885 bits per heavy atom. The molecule has 1 fully saturated rings. The monoisotopic (exact) mass is 351 g/mol. The van der Waals surface area contributed by atoms with Crippen LogP contribution in [0.25, 0.3) is 0 Å². The zero-order valence-electron chi connectivity index (χ0n) is 16.3. The third-order valence-electron chi connectivity index (χ3n) is 6.17. The largest absolute Gasteiger partial charge is 0.383 e. The van der Waals surface area contributed by atoms with Gasteiger partial charge in [0.1, 0.15) is 5.60 Å². The molecule has 3 rings (SSSR count). The Labute approximate surface area is 158 Å². The first kappa shape index (κ1) is 19.1. The van der Waals surface area contributed by atoms with E-state index >= 15 is 0 Å². The lowest BCUT2D eigenvalue weighted by atomic mass is 9.67. The van der Waals surface area contributed by atoms with E-state index in [1.54, 1.807) is 0 Å². The Kier molecular flexibility index (Phi) is 6.50. The zero-order chi connectivity index (χ0) is 18.4. The number of aliphatic hydroxyl groups is 1. The Morgan fingerprint density at radius 3 is 1.96 bits per heavy atom. The molecule has 2 heteroatoms. The summed E-state index contributed by atoms with van der Waals surface area (Å²) in [5.74, 6) is 0.296. The minimum atomic E-state index is -0.866. The van der Waals surface area contributed by atoms with Crippen LogP contribution in [-0.2, 0) is 5.60 Å². The van der Waals surface area contributed by atoms with Gasteiger partial charge in [0.25, 0.3) is 0 Å². The first-order chi connectivity index (χ1) is 12.7. The summed E-state index contributed by atoms with van der Waals surface area (Å²) in [5.41, 5.74) is 1.41. The highest BCUT2D eigenvalue weighted by Gasteiger charge is 2.47. The molecule has 1 aliphatic rings. The van der Waals surface area contributed by atoms with Gasteiger partial charge in [-0.25, -0.2) is 0 Å². The Bertz CT molecular complexity index is 646. The summed E-state index contributed by atoms with van der Waals surface area (Å²) in [7, 11) is 0. The molecular weight excluding hydrogens is 318 g/mol. The SMILES string of the molecule is CCN(CC)C(c1ccccc1)C(O)(c1ccccc1)C1CCCCC1. The molecule has 2 aromatic carbocycles. The van der Waals surface area contributed by atoms with E-state index in [0.717, 1.165) is 31.5 Å². The minimum absolute atomic E-state index is 0.0239. The number of hydrogen-bond acceptors (Lipinski definition) is 2. The normalized spacial score (nSPS) is 19.2. The molecule has 2 unspecified atom stereocenters. The van der Waals surface area contributed by atoms with E-state index in [1.807, 2.05) is 6.07 Å². The number of benzene rings is 2. The van der Waals surface area contributed by atoms with Crippen molar-refractivity contribution in [2.75, 3.05) is 13.1 Å². The highest BCUT2D eigenvalue weighted by atomic mass is 16.3. The van der Waals surface area contributed by atoms with Crippen molar-refractivity contribution < 1.29 is 5.11 Å². The van der Waals surface area contributed by atoms with Crippen LogP contribution in [0.2, 0.25) is 0 Å². The van der Waals surface area contributed by atoms with Gasteiger partial charge in [-0.2, -0.15) is 0 Å². The lowest BCUT2D eigenvalue weighted by molar-refractivity contribution is -0.107. The van der Waals surface area contributed by atoms with Crippen LogP contribution in [0, 0.1) is 5.92 Å². The molecule has 0 aromatic heterocycles. The summed E-state index contributed by atoms with van der Waals surface area (Å²) >= 11 is 0. The lowest BCUT2D eigenvalue weighted by Crippen LogP contribution is -2.49. The topological polar surface area (TPSA) is 23.5 Å². The smallest absolute Gasteiger partial charge is 0.112 e. The Balaban J connectivity index is 2.15. The fourth-order valence-corrected chi connectivity index (χ4v) is 4.83. The van der Waals surface area contributed by atoms with E-state index < -0.39 is 5.60 Å². The van der Waals surface area contributed by atoms with Crippen LogP contribution in [0.15, 0.2) is 60.7 Å². The molecule has 2 atom stereocenters. The average Bonchev–Trinajstić information content (AvgIpc) is 2.73. The molecule has 140 valence electrons. The summed E-state index contributed by atoms with van der Waals surface area (Å²) in [6.45, 7) is 6.26. The highest BCUT2D eigenvalue weighted by molar-refractivity contribution is 5.32. The average molecular weight is 352 g/mol. The van der Waals surface area contributed by atoms with Gasteiger partial charge in [0.2, 0.25) is 0 Å². The van der Waals surface area contributed by atoms with Crippen molar-refractivity contribution in [3.05, 3.63) is 71.8 Å². The Morgan fingerprint density at radius 2 is 1.42 bits per heavy atom. The maximum Gasteiger partial charge on any atom is 0.112 e. The number of hydrogen-bond donors (Lipinski definition) is 1. The number of likely N-dealkylation sites (N-methyl/N-ethyl adjacent to an activating group) is 1. The molecule has 0 saturated heterocycles. The molecule has 1 aliphatic carbocycles. The lowest BCUT2D eigenvalue weighted by Gasteiger charge is -2.48. The van der Waals surface area contributed by atoms with E-state index in [-0.39, 0.29) is 6.04 Å². The second-order valence-corrected chi connectivity index (χ2v) is 7.56. The summed E-state index contributed by atoms with van der Waals surface area (Å²) in [4.78, 5) is 2.43. The van der Waals surface area contributed by atoms with Gasteiger partial charge < -0.3 is 5.11 Å². The zero-order valence-corrected chi connectivity index (χ0v) is 16.3. The van der Waals surface area contributed by atoms with Gasteiger partial charge >= 0.3 is 0 Å². The molecule has 2 aromatic rings. The molecule has 0 heterocycles. The predicted molar refractivity (Wildman–Crippen MR) is 109 cm³/mol. The number of nitrogens with zero attached hydrogens (tertiary/aromatic N) is 1. The van der Waals surface area contributed by atoms with Crippen molar-refractivity contribution in [1.29, 1.82) is 0 Å². The quantitative estimate of drug-likeness (QED) is 0.708. The summed E-state index contributed by atoms with van der Waals surface area (Å²) in [5, 5.41) is 12.4. The second-order valence-electron chi connectivity index (χ2n) is 7.56. The molecule has 1 saturated carbocycles. The first-order valence-electron chi connectivity index (χ1n) is 10.3. The van der Waals surface area contributed by atoms with Crippen LogP contribution >= 0.6 is 0 Å². The fourth-order valence-electron chi connectivity index (χ4n) is 4.83. The summed E-state index contributed by atoms with van der Waals surface area (Å²) < 4.78 is 0. The third kappa shape index (κ3) is 3.72. The van der Waals surface area contributed by atoms with Gasteiger partial charge in [0.15, 0.2) is 0 Å². The van der Waals surface area contributed by atoms with Crippen molar-refractivity contribution in [2.45, 2.75) is 57.6 Å². The fraction of sp³-hybridized carbons (Fsp3) is 0.500. The van der Waals surface area contributed by atoms with Crippen LogP contribution < -0.4 is 0 Å². The van der Waals surface area contributed by atoms with Crippen molar-refractivity contribution >= 4 is 0 Å². The molecule has 0 aliphatic heterocycles. The summed E-state index contributed by atoms with van der Waals surface area (Å²) in [6.07, 6.45) is 5.95. The molecule has 2 nitrogen and oxygen atoms in total. The van der Waals surface area contributed by atoms with E-state index in [9.17, 15) is 5.11 Å². The van der Waals surface area contributed by atoms with Crippen molar-refractivity contribution in [3.8, 4) is 0 Å². The predicted octanol–water partition coefficient (Wildman–Crippen LogP) is 5.54. The molecule has 0 bridgehead atoms. The van der Waals surface area contributed by atoms with E-state index in [2.05, 4.69) is 73.3 Å². The van der Waals surface area contributed by atoms with Gasteiger partial charge in [-0.3, -0.25) is 4.90 Å². The highest BCUT2D eigenvalue weighted by Crippen LogP contribution is 2.49. The maximum absolute atomic E-state index is 12.4. The van der Waals surface area contributed by atoms with Crippen LogP contribution in [-0.4, -0.2) is 23.1 Å². The van der Waals surface area contributed by atoms with Crippen molar-refractivity contribution in [1.82, 2.24) is 4.90 Å². The van der Waals surface area contributed by atoms with Crippen LogP contribution in [0.1, 0.15) is 63.1 Å². The second kappa shape index (κ2) is 8.83. The van der Waals surface area contributed by atoms with Crippen molar-refractivity contribution in [3.63, 3.8) is 0 Å². The van der Waals surface area contributed by atoms with Gasteiger partial charge in [-0.05, 0) is 43.0 Å². The van der Waals surface area contributed by atoms with E-state index in [4.69, 9.17) is 0 Å². The standard InChI is InChI=1S/C24H33NO/c1-3-25(4-2)23(20-14-8-5-9-15-20)24(26,21-16-10-6-11-17-21)22-18-12-7-13-19-22/h5-6,8-11,14-17,22-23,26H,3-4,7,12-13,18-19H2,1-2H3. The maximum atomic E-state index is 12.4. The van der Waals surface area contributed by atoms with Gasteiger partial charge in [-0.15, -0.1) is 0 Å². The van der Waals surface area contributed by atoms with Gasteiger partial charge in [-0.1, -0.05) is 93.8 Å². The van der Waals surface area contributed by atoms with Gasteiger partial charge in [0, 0.05) is 0 Å². The Hall–Kier alpha value is -1.64. The summed E-state index contributed by atoms with van der Waals surface area (Å²) in [6, 6.07) is 21.0. The van der Waals surface area contributed by atoms with E-state index in [0.29, 0.717) is 5.92 Å². The van der Waals surface area contributed by atoms with E-state index in [1.165, 1.54) is 24.8 Å². The molecule has 26 heavy (non-hydrogen) atoms. The number of rotatable bonds is 7. The minimum Gasteiger partial charge on any atom is -0.383 e. The van der Waals surface area contributed by atoms with Crippen LogP contribution in [0.5, 0.6) is 0 Å². The molecule has 1 N–H and O–H groups in total. The first-order valence-corrected chi connectivity index (χ1v) is 10.3. The van der Waals surface area contributed by atoms with Crippen LogP contribution in [0.3, 0.4) is 0 Å². The molecular formula is C24H33NO. The third-order valence-corrected chi connectivity index (χ3v) is 6.17. The molecule has 0 amide bonds.